The molecule has 1 heterocycles. The highest BCUT2D eigenvalue weighted by Gasteiger charge is 2.20. The normalized spacial score (nSPS) is 17.6. The Morgan fingerprint density at radius 3 is 2.67 bits per heavy atom. The van der Waals surface area contributed by atoms with Gasteiger partial charge in [0.1, 0.15) is 10.9 Å². The molecule has 80 valence electrons. The van der Waals surface area contributed by atoms with Crippen molar-refractivity contribution in [1.82, 2.24) is 4.98 Å². The zero-order chi connectivity index (χ0) is 10.7. The summed E-state index contributed by atoms with van der Waals surface area (Å²) in [7, 11) is 0. The van der Waals surface area contributed by atoms with Crippen LogP contribution in [0.3, 0.4) is 0 Å². The number of aromatic nitrogens is 1. The third kappa shape index (κ3) is 2.21. The van der Waals surface area contributed by atoms with Crippen LogP contribution in [0, 0.1) is 11.3 Å². The van der Waals surface area contributed by atoms with Gasteiger partial charge in [-0.15, -0.1) is 11.3 Å². The van der Waals surface area contributed by atoms with Gasteiger partial charge in [-0.3, -0.25) is 0 Å². The lowest BCUT2D eigenvalue weighted by atomic mass is 9.90. The predicted octanol–water partition coefficient (Wildman–Crippen LogP) is 3.62. The Labute approximate surface area is 95.0 Å². The zero-order valence-corrected chi connectivity index (χ0v) is 9.94. The molecule has 1 saturated carbocycles. The van der Waals surface area contributed by atoms with Gasteiger partial charge in [0.25, 0.3) is 0 Å². The molecule has 0 aliphatic heterocycles. The molecule has 0 N–H and O–H groups in total. The molecule has 1 fully saturated rings. The van der Waals surface area contributed by atoms with Gasteiger partial charge < -0.3 is 0 Å². The summed E-state index contributed by atoms with van der Waals surface area (Å²) in [5.74, 6) is 0.635. The second kappa shape index (κ2) is 4.76. The fraction of sp³-hybridized carbons (Fsp3) is 0.667. The number of aryl methyl sites for hydroxylation is 1. The van der Waals surface area contributed by atoms with Gasteiger partial charge in [0, 0.05) is 5.92 Å². The molecule has 0 saturated heterocycles. The summed E-state index contributed by atoms with van der Waals surface area (Å²) >= 11 is 1.62. The minimum atomic E-state index is 0.635. The van der Waals surface area contributed by atoms with E-state index >= 15 is 0 Å². The Kier molecular flexibility index (Phi) is 3.37. The molecule has 15 heavy (non-hydrogen) atoms. The maximum Gasteiger partial charge on any atom is 0.128 e. The smallest absolute Gasteiger partial charge is 0.128 e. The molecule has 0 bridgehead atoms. The SMILES string of the molecule is CCc1nc(C2CCCCC2)sc1C#N. The van der Waals surface area contributed by atoms with E-state index in [-0.39, 0.29) is 0 Å². The molecule has 1 aliphatic carbocycles. The second-order valence-electron chi connectivity index (χ2n) is 4.13. The third-order valence-corrected chi connectivity index (χ3v) is 4.27. The monoisotopic (exact) mass is 220 g/mol. The van der Waals surface area contributed by atoms with Gasteiger partial charge in [0.2, 0.25) is 0 Å². The van der Waals surface area contributed by atoms with Crippen LogP contribution >= 0.6 is 11.3 Å². The quantitative estimate of drug-likeness (QED) is 0.763. The highest BCUT2D eigenvalue weighted by Crippen LogP contribution is 2.35. The van der Waals surface area contributed by atoms with Crippen LogP contribution < -0.4 is 0 Å². The molecule has 1 aromatic heterocycles. The average Bonchev–Trinajstić information content (AvgIpc) is 2.73. The van der Waals surface area contributed by atoms with Gasteiger partial charge in [0.05, 0.1) is 10.7 Å². The Morgan fingerprint density at radius 1 is 1.40 bits per heavy atom. The largest absolute Gasteiger partial charge is 0.245 e. The molecule has 2 nitrogen and oxygen atoms in total. The first-order chi connectivity index (χ1) is 7.35. The van der Waals surface area contributed by atoms with Crippen molar-refractivity contribution in [2.75, 3.05) is 0 Å². The minimum absolute atomic E-state index is 0.635. The predicted molar refractivity (Wildman–Crippen MR) is 62.0 cm³/mol. The van der Waals surface area contributed by atoms with Crippen molar-refractivity contribution in [3.05, 3.63) is 15.6 Å². The lowest BCUT2D eigenvalue weighted by Crippen LogP contribution is -2.04. The van der Waals surface area contributed by atoms with Gasteiger partial charge in [-0.2, -0.15) is 5.26 Å². The van der Waals surface area contributed by atoms with E-state index in [4.69, 9.17) is 5.26 Å². The summed E-state index contributed by atoms with van der Waals surface area (Å²) in [4.78, 5) is 5.45. The molecule has 0 amide bonds. The number of thiazole rings is 1. The van der Waals surface area contributed by atoms with Crippen molar-refractivity contribution in [1.29, 1.82) is 5.26 Å². The van der Waals surface area contributed by atoms with Crippen LogP contribution in [0.1, 0.15) is 60.5 Å². The van der Waals surface area contributed by atoms with Gasteiger partial charge in [0.15, 0.2) is 0 Å². The molecule has 1 aliphatic rings. The first-order valence-electron chi connectivity index (χ1n) is 5.74. The Morgan fingerprint density at radius 2 is 2.13 bits per heavy atom. The number of nitrogens with zero attached hydrogens (tertiary/aromatic N) is 2. The molecule has 0 atom stereocenters. The van der Waals surface area contributed by atoms with Crippen molar-refractivity contribution in [3.63, 3.8) is 0 Å². The maximum atomic E-state index is 8.98. The highest BCUT2D eigenvalue weighted by molar-refractivity contribution is 7.12. The molecular weight excluding hydrogens is 204 g/mol. The fourth-order valence-corrected chi connectivity index (χ4v) is 3.34. The van der Waals surface area contributed by atoms with Crippen molar-refractivity contribution in [3.8, 4) is 6.07 Å². The molecule has 0 unspecified atom stereocenters. The van der Waals surface area contributed by atoms with Crippen molar-refractivity contribution >= 4 is 11.3 Å². The number of hydrogen-bond acceptors (Lipinski definition) is 3. The van der Waals surface area contributed by atoms with Crippen molar-refractivity contribution in [2.45, 2.75) is 51.4 Å². The number of hydrogen-bond donors (Lipinski definition) is 0. The molecule has 2 rings (SSSR count). The summed E-state index contributed by atoms with van der Waals surface area (Å²) in [6, 6.07) is 2.26. The van der Waals surface area contributed by atoms with E-state index in [1.165, 1.54) is 37.1 Å². The van der Waals surface area contributed by atoms with E-state index < -0.39 is 0 Å². The van der Waals surface area contributed by atoms with E-state index in [9.17, 15) is 0 Å². The Balaban J connectivity index is 2.21. The minimum Gasteiger partial charge on any atom is -0.245 e. The van der Waals surface area contributed by atoms with Crippen LogP contribution in [-0.4, -0.2) is 4.98 Å². The maximum absolute atomic E-state index is 8.98. The zero-order valence-electron chi connectivity index (χ0n) is 9.12. The van der Waals surface area contributed by atoms with E-state index in [0.717, 1.165) is 17.0 Å². The van der Waals surface area contributed by atoms with Crippen LogP contribution in [0.5, 0.6) is 0 Å². The molecule has 0 radical (unpaired) electrons. The highest BCUT2D eigenvalue weighted by atomic mass is 32.1. The molecule has 0 aromatic carbocycles. The summed E-state index contributed by atoms with van der Waals surface area (Å²) in [5, 5.41) is 10.2. The van der Waals surface area contributed by atoms with E-state index in [2.05, 4.69) is 18.0 Å². The Bertz CT molecular complexity index is 369. The van der Waals surface area contributed by atoms with Crippen LogP contribution in [-0.2, 0) is 6.42 Å². The average molecular weight is 220 g/mol. The van der Waals surface area contributed by atoms with Gasteiger partial charge in [-0.05, 0) is 19.3 Å². The fourth-order valence-electron chi connectivity index (χ4n) is 2.22. The summed E-state index contributed by atoms with van der Waals surface area (Å²) < 4.78 is 0. The number of nitriles is 1. The lowest BCUT2D eigenvalue weighted by Gasteiger charge is -2.18. The van der Waals surface area contributed by atoms with Crippen LogP contribution in [0.15, 0.2) is 0 Å². The summed E-state index contributed by atoms with van der Waals surface area (Å²) in [5.41, 5.74) is 1.00. The topological polar surface area (TPSA) is 36.7 Å². The van der Waals surface area contributed by atoms with E-state index in [1.54, 1.807) is 11.3 Å². The standard InChI is InChI=1S/C12H16N2S/c1-2-10-11(8-13)15-12(14-10)9-6-4-3-5-7-9/h9H,2-7H2,1H3. The van der Waals surface area contributed by atoms with Gasteiger partial charge >= 0.3 is 0 Å². The molecule has 1 aromatic rings. The molecule has 3 heteroatoms. The van der Waals surface area contributed by atoms with Crippen LogP contribution in [0.4, 0.5) is 0 Å². The second-order valence-corrected chi connectivity index (χ2v) is 5.16. The van der Waals surface area contributed by atoms with E-state index in [0.29, 0.717) is 5.92 Å². The molecular formula is C12H16N2S. The third-order valence-electron chi connectivity index (χ3n) is 3.10. The molecule has 0 spiro atoms. The van der Waals surface area contributed by atoms with Gasteiger partial charge in [-0.25, -0.2) is 4.98 Å². The Hall–Kier alpha value is -0.880. The van der Waals surface area contributed by atoms with Crippen LogP contribution in [0.2, 0.25) is 0 Å². The lowest BCUT2D eigenvalue weighted by molar-refractivity contribution is 0.442. The number of rotatable bonds is 2. The summed E-state index contributed by atoms with van der Waals surface area (Å²) in [6.07, 6.45) is 7.43. The van der Waals surface area contributed by atoms with E-state index in [1.807, 2.05) is 0 Å². The first kappa shape index (κ1) is 10.6. The first-order valence-corrected chi connectivity index (χ1v) is 6.56. The van der Waals surface area contributed by atoms with Crippen molar-refractivity contribution < 1.29 is 0 Å². The van der Waals surface area contributed by atoms with Gasteiger partial charge in [-0.1, -0.05) is 26.2 Å². The summed E-state index contributed by atoms with van der Waals surface area (Å²) in [6.45, 7) is 2.07. The van der Waals surface area contributed by atoms with Crippen molar-refractivity contribution in [2.24, 2.45) is 0 Å². The van der Waals surface area contributed by atoms with Crippen LogP contribution in [0.25, 0.3) is 0 Å².